The highest BCUT2D eigenvalue weighted by Crippen LogP contribution is 2.43. The minimum absolute atomic E-state index is 0.200. The van der Waals surface area contributed by atoms with Crippen LogP contribution in [0.25, 0.3) is 0 Å². The molecular formula is C22H37N3O4S. The number of fused-ring (bicyclic) bond motifs is 1. The van der Waals surface area contributed by atoms with Gasteiger partial charge in [0.05, 0.1) is 4.90 Å². The quantitative estimate of drug-likeness (QED) is 0.773. The fraction of sp³-hybridized carbons (Fsp3) is 0.682. The van der Waals surface area contributed by atoms with E-state index in [-0.39, 0.29) is 11.5 Å². The van der Waals surface area contributed by atoms with Gasteiger partial charge in [0.25, 0.3) is 0 Å². The number of carbonyl (C=O) groups is 1. The van der Waals surface area contributed by atoms with Gasteiger partial charge in [-0.1, -0.05) is 0 Å². The van der Waals surface area contributed by atoms with E-state index in [4.69, 9.17) is 10.5 Å². The van der Waals surface area contributed by atoms with Crippen LogP contribution in [0.2, 0.25) is 0 Å². The summed E-state index contributed by atoms with van der Waals surface area (Å²) in [5, 5.41) is 0. The second kappa shape index (κ2) is 9.24. The van der Waals surface area contributed by atoms with Gasteiger partial charge in [-0.25, -0.2) is 8.42 Å². The number of hydrogen-bond donors (Lipinski definition) is 1. The summed E-state index contributed by atoms with van der Waals surface area (Å²) in [6, 6.07) is 0. The van der Waals surface area contributed by atoms with Crippen molar-refractivity contribution in [2.45, 2.75) is 58.0 Å². The lowest BCUT2D eigenvalue weighted by molar-refractivity contribution is -0.132. The van der Waals surface area contributed by atoms with Crippen molar-refractivity contribution in [1.29, 1.82) is 0 Å². The van der Waals surface area contributed by atoms with E-state index in [1.165, 1.54) is 6.26 Å². The number of benzene rings is 1. The maximum Gasteiger partial charge on any atom is 0.223 e. The van der Waals surface area contributed by atoms with E-state index >= 15 is 0 Å². The van der Waals surface area contributed by atoms with Gasteiger partial charge in [0, 0.05) is 57.4 Å². The molecule has 8 heteroatoms. The Kier molecular flexibility index (Phi) is 7.59. The fourth-order valence-electron chi connectivity index (χ4n) is 4.14. The molecule has 0 atom stereocenters. The maximum absolute atomic E-state index is 11.9. The third-order valence-electron chi connectivity index (χ3n) is 5.88. The Morgan fingerprint density at radius 3 is 2.13 bits per heavy atom. The molecule has 1 aromatic carbocycles. The van der Waals surface area contributed by atoms with Crippen LogP contribution in [0, 0.1) is 20.8 Å². The molecule has 1 saturated heterocycles. The summed E-state index contributed by atoms with van der Waals surface area (Å²) in [5.41, 5.74) is 8.71. The zero-order valence-corrected chi connectivity index (χ0v) is 20.3. The first-order valence-corrected chi connectivity index (χ1v) is 12.4. The zero-order valence-electron chi connectivity index (χ0n) is 19.5. The van der Waals surface area contributed by atoms with Gasteiger partial charge < -0.3 is 20.3 Å². The van der Waals surface area contributed by atoms with Crippen LogP contribution in [0.5, 0.6) is 5.75 Å². The molecule has 0 unspecified atom stereocenters. The Hall–Kier alpha value is -1.64. The first-order chi connectivity index (χ1) is 13.8. The van der Waals surface area contributed by atoms with Gasteiger partial charge in [-0.3, -0.25) is 4.79 Å². The molecule has 3 rings (SSSR count). The van der Waals surface area contributed by atoms with E-state index in [9.17, 15) is 13.2 Å². The van der Waals surface area contributed by atoms with Crippen molar-refractivity contribution < 1.29 is 17.9 Å². The van der Waals surface area contributed by atoms with Gasteiger partial charge in [-0.05, 0) is 58.4 Å². The van der Waals surface area contributed by atoms with Crippen molar-refractivity contribution in [2.75, 3.05) is 46.0 Å². The number of carbonyl (C=O) groups excluding carboxylic acids is 1. The predicted octanol–water partition coefficient (Wildman–Crippen LogP) is 1.84. The first kappa shape index (κ1) is 24.6. The van der Waals surface area contributed by atoms with E-state index < -0.39 is 9.84 Å². The molecule has 1 amide bonds. The fourth-order valence-corrected chi connectivity index (χ4v) is 5.53. The van der Waals surface area contributed by atoms with E-state index in [2.05, 4.69) is 11.9 Å². The van der Waals surface area contributed by atoms with Crippen LogP contribution in [0.15, 0.2) is 4.90 Å². The predicted molar refractivity (Wildman–Crippen MR) is 120 cm³/mol. The standard InChI is InChI=1S/C14H20O3S.C8H17N3O/c1-8-9(2)13(18(6,15)16)10(3)11-7-14(4,5)17-12(8)11;1-10-4-6-11(7-5-10)8(12)2-3-9/h7H2,1-6H3;2-7,9H2,1H3. The summed E-state index contributed by atoms with van der Waals surface area (Å²) in [6.45, 7) is 13.9. The number of rotatable bonds is 3. The zero-order chi connectivity index (χ0) is 22.9. The molecule has 0 aliphatic carbocycles. The van der Waals surface area contributed by atoms with E-state index in [1.54, 1.807) is 0 Å². The number of piperazine rings is 1. The number of hydrogen-bond acceptors (Lipinski definition) is 6. The smallest absolute Gasteiger partial charge is 0.223 e. The molecule has 2 N–H and O–H groups in total. The molecule has 170 valence electrons. The first-order valence-electron chi connectivity index (χ1n) is 10.5. The Bertz CT molecular complexity index is 902. The number of likely N-dealkylation sites (N-methyl/N-ethyl adjacent to an activating group) is 1. The van der Waals surface area contributed by atoms with Crippen LogP contribution in [-0.4, -0.2) is 75.8 Å². The second-order valence-corrected chi connectivity index (χ2v) is 11.0. The highest BCUT2D eigenvalue weighted by Gasteiger charge is 2.35. The van der Waals surface area contributed by atoms with E-state index in [0.717, 1.165) is 60.6 Å². The Morgan fingerprint density at radius 1 is 1.07 bits per heavy atom. The molecular weight excluding hydrogens is 402 g/mol. The highest BCUT2D eigenvalue weighted by atomic mass is 32.2. The van der Waals surface area contributed by atoms with Crippen LogP contribution in [0.4, 0.5) is 0 Å². The SMILES string of the molecule is CN1CCN(C(=O)CCN)CC1.Cc1c(C)c(S(C)(=O)=O)c(C)c2c1OC(C)(C)C2. The summed E-state index contributed by atoms with van der Waals surface area (Å²) >= 11 is 0. The topological polar surface area (TPSA) is 92.9 Å². The largest absolute Gasteiger partial charge is 0.487 e. The van der Waals surface area contributed by atoms with E-state index in [0.29, 0.717) is 17.9 Å². The maximum atomic E-state index is 11.9. The molecule has 30 heavy (non-hydrogen) atoms. The van der Waals surface area contributed by atoms with Crippen LogP contribution < -0.4 is 10.5 Å². The normalized spacial score (nSPS) is 18.3. The number of nitrogens with two attached hydrogens (primary N) is 1. The van der Waals surface area contributed by atoms with Crippen LogP contribution >= 0.6 is 0 Å². The molecule has 0 saturated carbocycles. The Balaban J connectivity index is 0.000000232. The summed E-state index contributed by atoms with van der Waals surface area (Å²) in [7, 11) is -1.13. The number of nitrogens with zero attached hydrogens (tertiary/aromatic N) is 2. The van der Waals surface area contributed by atoms with Gasteiger partial charge in [0.2, 0.25) is 5.91 Å². The third-order valence-corrected chi connectivity index (χ3v) is 7.23. The molecule has 0 spiro atoms. The van der Waals surface area contributed by atoms with Crippen molar-refractivity contribution in [3.05, 3.63) is 22.3 Å². The lowest BCUT2D eigenvalue weighted by atomic mass is 9.94. The average Bonchev–Trinajstić information content (AvgIpc) is 2.96. The Labute approximate surface area is 181 Å². The van der Waals surface area contributed by atoms with Gasteiger partial charge >= 0.3 is 0 Å². The molecule has 2 aliphatic rings. The van der Waals surface area contributed by atoms with Crippen LogP contribution in [-0.2, 0) is 21.1 Å². The summed E-state index contributed by atoms with van der Waals surface area (Å²) in [4.78, 5) is 15.9. The molecule has 2 heterocycles. The van der Waals surface area contributed by atoms with Crippen LogP contribution in [0.1, 0.15) is 42.5 Å². The average molecular weight is 440 g/mol. The van der Waals surface area contributed by atoms with Crippen LogP contribution in [0.3, 0.4) is 0 Å². The van der Waals surface area contributed by atoms with Crippen molar-refractivity contribution in [3.8, 4) is 5.75 Å². The molecule has 0 bridgehead atoms. The van der Waals surface area contributed by atoms with Gasteiger partial charge in [-0.2, -0.15) is 0 Å². The minimum Gasteiger partial charge on any atom is -0.487 e. The number of ether oxygens (including phenoxy) is 1. The molecule has 2 aliphatic heterocycles. The molecule has 1 aromatic rings. The van der Waals surface area contributed by atoms with Crippen molar-refractivity contribution in [2.24, 2.45) is 5.73 Å². The summed E-state index contributed by atoms with van der Waals surface area (Å²) in [6.07, 6.45) is 2.52. The molecule has 1 fully saturated rings. The lowest BCUT2D eigenvalue weighted by Gasteiger charge is -2.32. The highest BCUT2D eigenvalue weighted by molar-refractivity contribution is 7.90. The van der Waals surface area contributed by atoms with Gasteiger partial charge in [0.1, 0.15) is 11.4 Å². The van der Waals surface area contributed by atoms with Gasteiger partial charge in [-0.15, -0.1) is 0 Å². The molecule has 7 nitrogen and oxygen atoms in total. The molecule has 0 aromatic heterocycles. The monoisotopic (exact) mass is 439 g/mol. The molecule has 0 radical (unpaired) electrons. The summed E-state index contributed by atoms with van der Waals surface area (Å²) in [5.74, 6) is 1.08. The lowest BCUT2D eigenvalue weighted by Crippen LogP contribution is -2.47. The van der Waals surface area contributed by atoms with Crippen molar-refractivity contribution in [3.63, 3.8) is 0 Å². The summed E-state index contributed by atoms with van der Waals surface area (Å²) < 4.78 is 29.9. The number of amides is 1. The van der Waals surface area contributed by atoms with Gasteiger partial charge in [0.15, 0.2) is 9.84 Å². The minimum atomic E-state index is -3.20. The van der Waals surface area contributed by atoms with Crippen molar-refractivity contribution >= 4 is 15.7 Å². The third kappa shape index (κ3) is 5.53. The van der Waals surface area contributed by atoms with E-state index in [1.807, 2.05) is 39.5 Å². The number of sulfone groups is 1. The second-order valence-electron chi connectivity index (χ2n) is 9.05. The van der Waals surface area contributed by atoms with Crippen molar-refractivity contribution in [1.82, 2.24) is 9.80 Å². The Morgan fingerprint density at radius 2 is 1.63 bits per heavy atom.